The molecule has 0 bridgehead atoms. The van der Waals surface area contributed by atoms with E-state index in [4.69, 9.17) is 0 Å². The van der Waals surface area contributed by atoms with Crippen LogP contribution in [0.4, 0.5) is 4.39 Å². The summed E-state index contributed by atoms with van der Waals surface area (Å²) in [6.45, 7) is 0. The summed E-state index contributed by atoms with van der Waals surface area (Å²) in [5, 5.41) is 11.2. The summed E-state index contributed by atoms with van der Waals surface area (Å²) >= 11 is 1.23. The largest absolute Gasteiger partial charge is 0.477 e. The fraction of sp³-hybridized carbons (Fsp3) is 0. The Labute approximate surface area is 154 Å². The highest BCUT2D eigenvalue weighted by Gasteiger charge is 2.20. The fourth-order valence-corrected chi connectivity index (χ4v) is 3.03. The van der Waals surface area contributed by atoms with Crippen LogP contribution in [0.1, 0.15) is 10.4 Å². The van der Waals surface area contributed by atoms with Crippen LogP contribution in [0.15, 0.2) is 47.4 Å². The number of aromatic nitrogens is 5. The summed E-state index contributed by atoms with van der Waals surface area (Å²) in [4.78, 5) is 36.0. The molecule has 0 radical (unpaired) electrons. The zero-order chi connectivity index (χ0) is 17.6. The molecule has 0 saturated heterocycles. The smallest absolute Gasteiger partial charge is 0.341 e. The molecule has 4 aromatic heterocycles. The van der Waals surface area contributed by atoms with Crippen LogP contribution in [0.5, 0.6) is 0 Å². The number of carboxylic acid groups (broad SMARTS) is 1. The van der Waals surface area contributed by atoms with Gasteiger partial charge in [0.2, 0.25) is 5.43 Å². The quantitative estimate of drug-likeness (QED) is 0.572. The van der Waals surface area contributed by atoms with Gasteiger partial charge in [-0.25, -0.2) is 24.1 Å². The molecule has 0 fully saturated rings. The van der Waals surface area contributed by atoms with Crippen LogP contribution in [0, 0.1) is 5.82 Å². The first-order chi connectivity index (χ1) is 12.1. The number of nitrogens with zero attached hydrogens (tertiary/aromatic N) is 5. The minimum atomic E-state index is -1.41. The molecule has 26 heavy (non-hydrogen) atoms. The molecular formula is C15H9ClFN5O3S. The monoisotopic (exact) mass is 393 g/mol. The average Bonchev–Trinajstić information content (AvgIpc) is 3.28. The van der Waals surface area contributed by atoms with Crippen LogP contribution in [-0.2, 0) is 0 Å². The lowest BCUT2D eigenvalue weighted by atomic mass is 10.2. The molecule has 0 atom stereocenters. The Morgan fingerprint density at radius 1 is 1.31 bits per heavy atom. The molecule has 0 aromatic carbocycles. The van der Waals surface area contributed by atoms with Crippen molar-refractivity contribution < 1.29 is 14.3 Å². The van der Waals surface area contributed by atoms with E-state index in [9.17, 15) is 19.1 Å². The van der Waals surface area contributed by atoms with E-state index >= 15 is 0 Å². The van der Waals surface area contributed by atoms with Gasteiger partial charge in [0.25, 0.3) is 0 Å². The van der Waals surface area contributed by atoms with Crippen molar-refractivity contribution in [3.8, 4) is 10.9 Å². The second-order valence-corrected chi connectivity index (χ2v) is 5.87. The van der Waals surface area contributed by atoms with E-state index in [0.717, 1.165) is 12.3 Å². The highest BCUT2D eigenvalue weighted by molar-refractivity contribution is 7.12. The molecule has 0 aliphatic carbocycles. The number of hydrogen-bond acceptors (Lipinski definition) is 6. The van der Waals surface area contributed by atoms with Gasteiger partial charge in [-0.05, 0) is 6.07 Å². The number of aromatic carboxylic acids is 1. The van der Waals surface area contributed by atoms with Gasteiger partial charge in [-0.3, -0.25) is 13.9 Å². The molecule has 1 N–H and O–H groups in total. The Bertz CT molecular complexity index is 1160. The maximum absolute atomic E-state index is 14.5. The molecule has 0 spiro atoms. The average molecular weight is 394 g/mol. The predicted molar refractivity (Wildman–Crippen MR) is 94.3 cm³/mol. The van der Waals surface area contributed by atoms with E-state index in [0.29, 0.717) is 5.13 Å². The van der Waals surface area contributed by atoms with E-state index < -0.39 is 22.8 Å². The Kier molecular flexibility index (Phi) is 4.53. The van der Waals surface area contributed by atoms with Gasteiger partial charge in [-0.15, -0.1) is 23.7 Å². The highest BCUT2D eigenvalue weighted by Crippen LogP contribution is 2.21. The Hall–Kier alpha value is -3.11. The summed E-state index contributed by atoms with van der Waals surface area (Å²) in [7, 11) is 0. The van der Waals surface area contributed by atoms with Crippen molar-refractivity contribution in [3.05, 3.63) is 64.2 Å². The molecule has 11 heteroatoms. The predicted octanol–water partition coefficient (Wildman–Crippen LogP) is 2.29. The third-order valence-corrected chi connectivity index (χ3v) is 4.29. The van der Waals surface area contributed by atoms with Gasteiger partial charge in [-0.1, -0.05) is 0 Å². The summed E-state index contributed by atoms with van der Waals surface area (Å²) in [5.74, 6) is -2.23. The van der Waals surface area contributed by atoms with Crippen molar-refractivity contribution in [1.29, 1.82) is 0 Å². The summed E-state index contributed by atoms with van der Waals surface area (Å²) in [6.07, 6.45) is 7.02. The lowest BCUT2D eigenvalue weighted by molar-refractivity contribution is 0.0695. The molecule has 4 aromatic rings. The van der Waals surface area contributed by atoms with Gasteiger partial charge >= 0.3 is 5.97 Å². The molecule has 132 valence electrons. The summed E-state index contributed by atoms with van der Waals surface area (Å²) < 4.78 is 17.2. The fourth-order valence-electron chi connectivity index (χ4n) is 2.41. The number of carbonyl (C=O) groups is 1. The number of pyridine rings is 2. The van der Waals surface area contributed by atoms with E-state index in [1.54, 1.807) is 5.38 Å². The van der Waals surface area contributed by atoms with E-state index in [1.165, 1.54) is 45.4 Å². The van der Waals surface area contributed by atoms with Gasteiger partial charge in [0.15, 0.2) is 22.4 Å². The number of carboxylic acids is 1. The molecule has 0 unspecified atom stereocenters. The first-order valence-corrected chi connectivity index (χ1v) is 7.81. The molecule has 0 aliphatic heterocycles. The maximum Gasteiger partial charge on any atom is 0.341 e. The highest BCUT2D eigenvalue weighted by atomic mass is 35.5. The third kappa shape index (κ3) is 2.74. The van der Waals surface area contributed by atoms with Crippen LogP contribution in [0.3, 0.4) is 0 Å². The van der Waals surface area contributed by atoms with Crippen molar-refractivity contribution >= 4 is 40.7 Å². The zero-order valence-electron chi connectivity index (χ0n) is 12.7. The number of halogens is 2. The molecule has 4 heterocycles. The van der Waals surface area contributed by atoms with Crippen LogP contribution in [0.2, 0.25) is 0 Å². The van der Waals surface area contributed by atoms with Crippen LogP contribution in [0.25, 0.3) is 22.0 Å². The van der Waals surface area contributed by atoms with Crippen LogP contribution in [-0.4, -0.2) is 35.2 Å². The second-order valence-electron chi connectivity index (χ2n) is 5.00. The zero-order valence-corrected chi connectivity index (χ0v) is 14.4. The van der Waals surface area contributed by atoms with Gasteiger partial charge < -0.3 is 5.11 Å². The maximum atomic E-state index is 14.5. The van der Waals surface area contributed by atoms with Crippen molar-refractivity contribution in [2.24, 2.45) is 0 Å². The third-order valence-electron chi connectivity index (χ3n) is 3.52. The number of hydrogen-bond donors (Lipinski definition) is 1. The van der Waals surface area contributed by atoms with E-state index in [2.05, 4.69) is 15.0 Å². The standard InChI is InChI=1S/C15H8FN5O3S.ClH/c16-10-5-8-11(22)9(14(23)24)6-21(15-18-2-4-25-15)12(8)19-13(10)20-3-1-17-7-20;/h1-7H,(H,23,24);1H. The van der Waals surface area contributed by atoms with Crippen molar-refractivity contribution in [1.82, 2.24) is 24.1 Å². The normalized spacial score (nSPS) is 10.7. The van der Waals surface area contributed by atoms with Gasteiger partial charge in [0.1, 0.15) is 11.9 Å². The van der Waals surface area contributed by atoms with Crippen LogP contribution < -0.4 is 5.43 Å². The minimum absolute atomic E-state index is 0. The van der Waals surface area contributed by atoms with Crippen LogP contribution >= 0.6 is 23.7 Å². The van der Waals surface area contributed by atoms with Gasteiger partial charge in [-0.2, -0.15) is 0 Å². The summed E-state index contributed by atoms with van der Waals surface area (Å²) in [5.41, 5.74) is -1.19. The molecule has 8 nitrogen and oxygen atoms in total. The Morgan fingerprint density at radius 2 is 2.12 bits per heavy atom. The molecule has 0 saturated carbocycles. The molecule has 0 aliphatic rings. The van der Waals surface area contributed by atoms with Crippen molar-refractivity contribution in [3.63, 3.8) is 0 Å². The Morgan fingerprint density at radius 3 is 2.73 bits per heavy atom. The van der Waals surface area contributed by atoms with Crippen molar-refractivity contribution in [2.45, 2.75) is 0 Å². The van der Waals surface area contributed by atoms with Gasteiger partial charge in [0.05, 0.1) is 5.39 Å². The van der Waals surface area contributed by atoms with Gasteiger partial charge in [0, 0.05) is 30.2 Å². The first kappa shape index (κ1) is 17.7. The SMILES string of the molecule is Cl.O=C(O)c1cn(-c2nccs2)c2nc(-n3ccnc3)c(F)cc2c1=O. The number of rotatable bonds is 3. The first-order valence-electron chi connectivity index (χ1n) is 6.93. The Balaban J connectivity index is 0.00000196. The van der Waals surface area contributed by atoms with E-state index in [1.807, 2.05) is 0 Å². The number of fused-ring (bicyclic) bond motifs is 1. The molecular weight excluding hydrogens is 385 g/mol. The van der Waals surface area contributed by atoms with Crippen molar-refractivity contribution in [2.75, 3.05) is 0 Å². The lowest BCUT2D eigenvalue weighted by Crippen LogP contribution is -2.20. The minimum Gasteiger partial charge on any atom is -0.477 e. The molecule has 0 amide bonds. The molecule has 4 rings (SSSR count). The number of thiazole rings is 1. The van der Waals surface area contributed by atoms with E-state index in [-0.39, 0.29) is 29.3 Å². The number of imidazole rings is 1. The summed E-state index contributed by atoms with van der Waals surface area (Å²) in [6, 6.07) is 0.983. The lowest BCUT2D eigenvalue weighted by Gasteiger charge is -2.11. The topological polar surface area (TPSA) is 103 Å². The second kappa shape index (κ2) is 6.65.